The highest BCUT2D eigenvalue weighted by molar-refractivity contribution is 7.89. The highest BCUT2D eigenvalue weighted by Gasteiger charge is 2.33. The monoisotopic (exact) mass is 348 g/mol. The molecule has 0 bridgehead atoms. The minimum absolute atomic E-state index is 0.0230. The number of hydrogen-bond donors (Lipinski definition) is 1. The third kappa shape index (κ3) is 3.47. The first-order valence-electron chi connectivity index (χ1n) is 7.50. The first kappa shape index (κ1) is 16.6. The van der Waals surface area contributed by atoms with Crippen LogP contribution in [0.5, 0.6) is 0 Å². The molecule has 126 valence electrons. The zero-order chi connectivity index (χ0) is 17.3. The summed E-state index contributed by atoms with van der Waals surface area (Å²) in [7, 11) is -3.79. The van der Waals surface area contributed by atoms with E-state index in [-0.39, 0.29) is 23.8 Å². The van der Waals surface area contributed by atoms with Crippen molar-refractivity contribution >= 4 is 21.6 Å². The fraction of sp³-hybridized carbons (Fsp3) is 0.235. The van der Waals surface area contributed by atoms with E-state index in [2.05, 4.69) is 4.72 Å². The summed E-state index contributed by atoms with van der Waals surface area (Å²) >= 11 is 0. The molecule has 0 aliphatic carbocycles. The van der Waals surface area contributed by atoms with Gasteiger partial charge in [0.05, 0.1) is 4.90 Å². The average Bonchev–Trinajstić information content (AvgIpc) is 2.88. The molecule has 1 amide bonds. The van der Waals surface area contributed by atoms with Crippen LogP contribution in [0.15, 0.2) is 53.4 Å². The third-order valence-electron chi connectivity index (χ3n) is 3.92. The Bertz CT molecular complexity index is 848. The number of carbonyl (C=O) groups excluding carboxylic acids is 1. The lowest BCUT2D eigenvalue weighted by Crippen LogP contribution is -2.37. The number of nitrogens with zero attached hydrogens (tertiary/aromatic N) is 1. The Morgan fingerprint density at radius 2 is 1.71 bits per heavy atom. The lowest BCUT2D eigenvalue weighted by molar-refractivity contribution is -0.117. The molecule has 2 aromatic rings. The molecule has 24 heavy (non-hydrogen) atoms. The van der Waals surface area contributed by atoms with E-state index in [9.17, 15) is 17.6 Å². The van der Waals surface area contributed by atoms with Gasteiger partial charge >= 0.3 is 0 Å². The molecule has 1 aliphatic rings. The molecule has 7 heteroatoms. The minimum Gasteiger partial charge on any atom is -0.311 e. The van der Waals surface area contributed by atoms with Gasteiger partial charge in [0.25, 0.3) is 0 Å². The van der Waals surface area contributed by atoms with Crippen molar-refractivity contribution in [1.82, 2.24) is 4.72 Å². The Morgan fingerprint density at radius 1 is 1.08 bits per heavy atom. The molecule has 1 atom stereocenters. The zero-order valence-electron chi connectivity index (χ0n) is 13.1. The van der Waals surface area contributed by atoms with Gasteiger partial charge in [0, 0.05) is 24.7 Å². The molecule has 0 aromatic heterocycles. The van der Waals surface area contributed by atoms with Crippen LogP contribution in [0.4, 0.5) is 10.1 Å². The predicted molar refractivity (Wildman–Crippen MR) is 88.7 cm³/mol. The molecular weight excluding hydrogens is 331 g/mol. The standard InChI is InChI=1S/C17H17FN2O3S/c1-12-2-6-15(7-3-12)20-11-14(10-17(20)21)19-24(22,23)16-8-4-13(18)5-9-16/h2-9,14,19H,10-11H2,1H3. The molecule has 1 unspecified atom stereocenters. The van der Waals surface area contributed by atoms with Gasteiger partial charge in [-0.25, -0.2) is 17.5 Å². The van der Waals surface area contributed by atoms with E-state index in [4.69, 9.17) is 0 Å². The highest BCUT2D eigenvalue weighted by Crippen LogP contribution is 2.23. The van der Waals surface area contributed by atoms with Crippen molar-refractivity contribution in [2.75, 3.05) is 11.4 Å². The summed E-state index contributed by atoms with van der Waals surface area (Å²) in [6.07, 6.45) is 0.0916. The summed E-state index contributed by atoms with van der Waals surface area (Å²) in [5.41, 5.74) is 1.83. The van der Waals surface area contributed by atoms with Crippen LogP contribution in [0.2, 0.25) is 0 Å². The maximum atomic E-state index is 12.9. The summed E-state index contributed by atoms with van der Waals surface area (Å²) in [4.78, 5) is 13.7. The number of anilines is 1. The van der Waals surface area contributed by atoms with Gasteiger partial charge in [-0.1, -0.05) is 17.7 Å². The average molecular weight is 348 g/mol. The Labute approximate surface area is 140 Å². The highest BCUT2D eigenvalue weighted by atomic mass is 32.2. The van der Waals surface area contributed by atoms with Crippen molar-refractivity contribution in [3.05, 3.63) is 59.9 Å². The molecule has 1 N–H and O–H groups in total. The minimum atomic E-state index is -3.79. The molecule has 1 saturated heterocycles. The van der Waals surface area contributed by atoms with Crippen molar-refractivity contribution in [2.24, 2.45) is 0 Å². The van der Waals surface area contributed by atoms with Gasteiger partial charge in [0.1, 0.15) is 5.82 Å². The summed E-state index contributed by atoms with van der Waals surface area (Å²) in [6.45, 7) is 2.22. The first-order valence-corrected chi connectivity index (χ1v) is 8.98. The van der Waals surface area contributed by atoms with Gasteiger partial charge < -0.3 is 4.90 Å². The second-order valence-corrected chi connectivity index (χ2v) is 7.53. The number of carbonyl (C=O) groups is 1. The second kappa shape index (κ2) is 6.33. The molecule has 2 aromatic carbocycles. The maximum Gasteiger partial charge on any atom is 0.240 e. The van der Waals surface area contributed by atoms with E-state index < -0.39 is 21.9 Å². The molecule has 0 saturated carbocycles. The number of hydrogen-bond acceptors (Lipinski definition) is 3. The molecule has 3 rings (SSSR count). The van der Waals surface area contributed by atoms with Gasteiger partial charge in [-0.05, 0) is 43.3 Å². The van der Waals surface area contributed by atoms with Gasteiger partial charge in [0.2, 0.25) is 15.9 Å². The summed E-state index contributed by atoms with van der Waals surface area (Å²) in [5, 5.41) is 0. The quantitative estimate of drug-likeness (QED) is 0.921. The fourth-order valence-electron chi connectivity index (χ4n) is 2.66. The van der Waals surface area contributed by atoms with Crippen LogP contribution < -0.4 is 9.62 Å². The summed E-state index contributed by atoms with van der Waals surface area (Å²) in [5.74, 6) is -0.638. The number of benzene rings is 2. The van der Waals surface area contributed by atoms with Crippen molar-refractivity contribution in [3.8, 4) is 0 Å². The van der Waals surface area contributed by atoms with Gasteiger partial charge in [0.15, 0.2) is 0 Å². The lowest BCUT2D eigenvalue weighted by atomic mass is 10.2. The van der Waals surface area contributed by atoms with Crippen LogP contribution in [-0.4, -0.2) is 26.9 Å². The number of amides is 1. The van der Waals surface area contributed by atoms with Gasteiger partial charge in [-0.2, -0.15) is 0 Å². The zero-order valence-corrected chi connectivity index (χ0v) is 13.9. The van der Waals surface area contributed by atoms with Crippen LogP contribution in [0.1, 0.15) is 12.0 Å². The van der Waals surface area contributed by atoms with Gasteiger partial charge in [-0.15, -0.1) is 0 Å². The molecule has 1 heterocycles. The Balaban J connectivity index is 1.74. The first-order chi connectivity index (χ1) is 11.3. The van der Waals surface area contributed by atoms with Crippen molar-refractivity contribution in [3.63, 3.8) is 0 Å². The smallest absolute Gasteiger partial charge is 0.240 e. The van der Waals surface area contributed by atoms with Crippen molar-refractivity contribution in [2.45, 2.75) is 24.3 Å². The number of aryl methyl sites for hydroxylation is 1. The third-order valence-corrected chi connectivity index (χ3v) is 5.45. The number of sulfonamides is 1. The second-order valence-electron chi connectivity index (χ2n) is 5.82. The number of rotatable bonds is 4. The Kier molecular flexibility index (Phi) is 4.38. The SMILES string of the molecule is Cc1ccc(N2CC(NS(=O)(=O)c3ccc(F)cc3)CC2=O)cc1. The molecular formula is C17H17FN2O3S. The van der Waals surface area contributed by atoms with E-state index in [1.165, 1.54) is 12.1 Å². The van der Waals surface area contributed by atoms with Crippen molar-refractivity contribution < 1.29 is 17.6 Å². The van der Waals surface area contributed by atoms with E-state index in [0.29, 0.717) is 0 Å². The van der Waals surface area contributed by atoms with E-state index in [1.807, 2.05) is 31.2 Å². The maximum absolute atomic E-state index is 12.9. The van der Waals surface area contributed by atoms with Crippen LogP contribution in [-0.2, 0) is 14.8 Å². The molecule has 0 radical (unpaired) electrons. The van der Waals surface area contributed by atoms with E-state index >= 15 is 0 Å². The molecule has 1 fully saturated rings. The normalized spacial score (nSPS) is 18.2. The summed E-state index contributed by atoms with van der Waals surface area (Å²) < 4.78 is 40.1. The van der Waals surface area contributed by atoms with Crippen LogP contribution in [0.25, 0.3) is 0 Å². The molecule has 5 nitrogen and oxygen atoms in total. The molecule has 0 spiro atoms. The topological polar surface area (TPSA) is 66.5 Å². The lowest BCUT2D eigenvalue weighted by Gasteiger charge is -2.17. The van der Waals surface area contributed by atoms with Crippen LogP contribution >= 0.6 is 0 Å². The van der Waals surface area contributed by atoms with Crippen LogP contribution in [0.3, 0.4) is 0 Å². The number of halogens is 1. The van der Waals surface area contributed by atoms with E-state index in [1.54, 1.807) is 4.90 Å². The van der Waals surface area contributed by atoms with Crippen molar-refractivity contribution in [1.29, 1.82) is 0 Å². The summed E-state index contributed by atoms with van der Waals surface area (Å²) in [6, 6.07) is 11.5. The fourth-order valence-corrected chi connectivity index (χ4v) is 3.89. The van der Waals surface area contributed by atoms with E-state index in [0.717, 1.165) is 23.4 Å². The number of nitrogens with one attached hydrogen (secondary N) is 1. The van der Waals surface area contributed by atoms with Crippen LogP contribution in [0, 0.1) is 12.7 Å². The Hall–Kier alpha value is -2.25. The van der Waals surface area contributed by atoms with Gasteiger partial charge in [-0.3, -0.25) is 4.79 Å². The largest absolute Gasteiger partial charge is 0.311 e. The predicted octanol–water partition coefficient (Wildman–Crippen LogP) is 2.22. The molecule has 1 aliphatic heterocycles. The Morgan fingerprint density at radius 3 is 2.33 bits per heavy atom.